The molecule has 2 N–H and O–H groups in total. The monoisotopic (exact) mass is 450 g/mol. The first-order valence-corrected chi connectivity index (χ1v) is 12.3. The molecule has 6 nitrogen and oxygen atoms in total. The maximum absolute atomic E-state index is 12.9. The van der Waals surface area contributed by atoms with Crippen LogP contribution in [0.1, 0.15) is 61.9 Å². The van der Waals surface area contributed by atoms with Gasteiger partial charge in [-0.2, -0.15) is 0 Å². The van der Waals surface area contributed by atoms with Crippen molar-refractivity contribution in [2.24, 2.45) is 5.92 Å². The number of aryl methyl sites for hydroxylation is 1. The van der Waals surface area contributed by atoms with Crippen molar-refractivity contribution in [2.45, 2.75) is 64.5 Å². The summed E-state index contributed by atoms with van der Waals surface area (Å²) in [6.45, 7) is 6.61. The van der Waals surface area contributed by atoms with E-state index in [0.717, 1.165) is 45.1 Å². The van der Waals surface area contributed by atoms with Crippen LogP contribution in [0.15, 0.2) is 54.9 Å². The quantitative estimate of drug-likeness (QED) is 0.482. The van der Waals surface area contributed by atoms with E-state index in [0.29, 0.717) is 24.6 Å². The van der Waals surface area contributed by atoms with Gasteiger partial charge in [-0.05, 0) is 68.7 Å². The molecule has 1 aliphatic rings. The molecule has 0 unspecified atom stereocenters. The van der Waals surface area contributed by atoms with Gasteiger partial charge < -0.3 is 10.6 Å². The van der Waals surface area contributed by atoms with Gasteiger partial charge in [0, 0.05) is 31.5 Å². The van der Waals surface area contributed by atoms with E-state index in [1.807, 2.05) is 6.07 Å². The van der Waals surface area contributed by atoms with Crippen molar-refractivity contribution < 1.29 is 9.59 Å². The molecule has 0 aliphatic carbocycles. The smallest absolute Gasteiger partial charge is 0.253 e. The highest BCUT2D eigenvalue weighted by Crippen LogP contribution is 2.19. The Labute approximate surface area is 198 Å². The number of nitrogens with zero attached hydrogens (tertiary/aromatic N) is 2. The summed E-state index contributed by atoms with van der Waals surface area (Å²) >= 11 is 0. The zero-order valence-corrected chi connectivity index (χ0v) is 20.0. The summed E-state index contributed by atoms with van der Waals surface area (Å²) in [4.78, 5) is 31.9. The van der Waals surface area contributed by atoms with Crippen LogP contribution in [0, 0.1) is 5.92 Å². The van der Waals surface area contributed by atoms with Gasteiger partial charge in [0.15, 0.2) is 0 Å². The van der Waals surface area contributed by atoms with E-state index in [-0.39, 0.29) is 23.9 Å². The van der Waals surface area contributed by atoms with Crippen molar-refractivity contribution >= 4 is 11.8 Å². The fourth-order valence-corrected chi connectivity index (χ4v) is 4.57. The molecule has 33 heavy (non-hydrogen) atoms. The van der Waals surface area contributed by atoms with Crippen LogP contribution in [-0.4, -0.2) is 53.4 Å². The van der Waals surface area contributed by atoms with Crippen molar-refractivity contribution in [1.82, 2.24) is 20.5 Å². The predicted octanol–water partition coefficient (Wildman–Crippen LogP) is 3.83. The lowest BCUT2D eigenvalue weighted by molar-refractivity contribution is -0.125. The molecular formula is C27H38N4O2. The van der Waals surface area contributed by atoms with Gasteiger partial charge >= 0.3 is 0 Å². The highest BCUT2D eigenvalue weighted by molar-refractivity contribution is 5.94. The Kier molecular flexibility index (Phi) is 9.88. The summed E-state index contributed by atoms with van der Waals surface area (Å²) in [5.41, 5.74) is 1.91. The van der Waals surface area contributed by atoms with E-state index in [4.69, 9.17) is 0 Å². The minimum Gasteiger partial charge on any atom is -0.355 e. The number of likely N-dealkylation sites (tertiary alicyclic amines) is 1. The molecule has 2 atom stereocenters. The predicted molar refractivity (Wildman–Crippen MR) is 132 cm³/mol. The highest BCUT2D eigenvalue weighted by atomic mass is 16.2. The van der Waals surface area contributed by atoms with Crippen LogP contribution in [0.2, 0.25) is 0 Å². The summed E-state index contributed by atoms with van der Waals surface area (Å²) in [5.74, 6) is 0.463. The summed E-state index contributed by atoms with van der Waals surface area (Å²) in [5, 5.41) is 6.32. The van der Waals surface area contributed by atoms with E-state index in [1.165, 1.54) is 5.56 Å². The van der Waals surface area contributed by atoms with E-state index in [9.17, 15) is 9.59 Å². The number of carbonyl (C=O) groups excluding carboxylic acids is 2. The van der Waals surface area contributed by atoms with Gasteiger partial charge in [0.1, 0.15) is 0 Å². The molecule has 0 bridgehead atoms. The highest BCUT2D eigenvalue weighted by Gasteiger charge is 2.32. The summed E-state index contributed by atoms with van der Waals surface area (Å²) in [7, 11) is 0. The van der Waals surface area contributed by atoms with Gasteiger partial charge in [0.05, 0.1) is 11.6 Å². The average molecular weight is 451 g/mol. The van der Waals surface area contributed by atoms with Crippen LogP contribution < -0.4 is 10.6 Å². The van der Waals surface area contributed by atoms with Crippen LogP contribution in [0.5, 0.6) is 0 Å². The SMILES string of the molecule is CC(C)C[C@@H](CN1CCC[C@H]1C(=O)NCCCCc1ccccc1)NC(=O)c1cccnc1. The average Bonchev–Trinajstić information content (AvgIpc) is 3.27. The first-order chi connectivity index (χ1) is 16.0. The summed E-state index contributed by atoms with van der Waals surface area (Å²) in [6, 6.07) is 13.9. The topological polar surface area (TPSA) is 74.3 Å². The fourth-order valence-electron chi connectivity index (χ4n) is 4.57. The molecule has 2 amide bonds. The molecule has 178 valence electrons. The van der Waals surface area contributed by atoms with E-state index >= 15 is 0 Å². The van der Waals surface area contributed by atoms with Crippen molar-refractivity contribution in [2.75, 3.05) is 19.6 Å². The number of unbranched alkanes of at least 4 members (excludes halogenated alkanes) is 1. The van der Waals surface area contributed by atoms with Crippen LogP contribution in [-0.2, 0) is 11.2 Å². The van der Waals surface area contributed by atoms with Crippen molar-refractivity contribution in [3.63, 3.8) is 0 Å². The van der Waals surface area contributed by atoms with Crippen molar-refractivity contribution in [3.05, 3.63) is 66.0 Å². The van der Waals surface area contributed by atoms with Gasteiger partial charge in [-0.3, -0.25) is 19.5 Å². The maximum Gasteiger partial charge on any atom is 0.253 e. The Morgan fingerprint density at radius 3 is 2.67 bits per heavy atom. The molecule has 3 rings (SSSR count). The zero-order chi connectivity index (χ0) is 23.5. The van der Waals surface area contributed by atoms with Gasteiger partial charge in [0.25, 0.3) is 5.91 Å². The minimum absolute atomic E-state index is 0.00280. The van der Waals surface area contributed by atoms with Gasteiger partial charge in [0.2, 0.25) is 5.91 Å². The number of nitrogens with one attached hydrogen (secondary N) is 2. The number of benzene rings is 1. The summed E-state index contributed by atoms with van der Waals surface area (Å²) in [6.07, 6.45) is 9.09. The Bertz CT molecular complexity index is 857. The second-order valence-corrected chi connectivity index (χ2v) is 9.43. The molecule has 0 saturated carbocycles. The molecule has 0 radical (unpaired) electrons. The standard InChI is InChI=1S/C27H38N4O2/c1-21(2)18-24(30-26(32)23-13-8-15-28-19-23)20-31-17-9-14-25(31)27(33)29-16-7-6-12-22-10-4-3-5-11-22/h3-5,8,10-11,13,15,19,21,24-25H,6-7,9,12,14,16-18,20H2,1-2H3,(H,29,33)(H,30,32)/t24-,25-/m0/s1. The number of amides is 2. The maximum atomic E-state index is 12.9. The first-order valence-electron chi connectivity index (χ1n) is 12.3. The fraction of sp³-hybridized carbons (Fsp3) is 0.519. The van der Waals surface area contributed by atoms with E-state index in [2.05, 4.69) is 58.6 Å². The molecule has 2 aromatic rings. The van der Waals surface area contributed by atoms with Gasteiger partial charge in [-0.25, -0.2) is 0 Å². The molecule has 6 heteroatoms. The van der Waals surface area contributed by atoms with Crippen molar-refractivity contribution in [3.8, 4) is 0 Å². The number of rotatable bonds is 12. The second kappa shape index (κ2) is 13.1. The molecule has 0 spiro atoms. The third-order valence-corrected chi connectivity index (χ3v) is 6.17. The second-order valence-electron chi connectivity index (χ2n) is 9.43. The third kappa shape index (κ3) is 8.28. The molecule has 1 fully saturated rings. The van der Waals surface area contributed by atoms with E-state index < -0.39 is 0 Å². The molecule has 2 heterocycles. The largest absolute Gasteiger partial charge is 0.355 e. The van der Waals surface area contributed by atoms with Crippen LogP contribution in [0.25, 0.3) is 0 Å². The Balaban J connectivity index is 1.47. The van der Waals surface area contributed by atoms with E-state index in [1.54, 1.807) is 24.5 Å². The van der Waals surface area contributed by atoms with Crippen LogP contribution in [0.3, 0.4) is 0 Å². The normalized spacial score (nSPS) is 17.1. The lowest BCUT2D eigenvalue weighted by Gasteiger charge is -2.29. The Morgan fingerprint density at radius 2 is 1.94 bits per heavy atom. The zero-order valence-electron chi connectivity index (χ0n) is 20.0. The molecular weight excluding hydrogens is 412 g/mol. The van der Waals surface area contributed by atoms with Gasteiger partial charge in [-0.1, -0.05) is 44.2 Å². The van der Waals surface area contributed by atoms with Crippen LogP contribution >= 0.6 is 0 Å². The number of hydrogen-bond donors (Lipinski definition) is 2. The van der Waals surface area contributed by atoms with Gasteiger partial charge in [-0.15, -0.1) is 0 Å². The first kappa shape index (κ1) is 24.9. The number of hydrogen-bond acceptors (Lipinski definition) is 4. The molecule has 1 saturated heterocycles. The minimum atomic E-state index is -0.107. The van der Waals surface area contributed by atoms with Crippen LogP contribution in [0.4, 0.5) is 0 Å². The Hall–Kier alpha value is -2.73. The third-order valence-electron chi connectivity index (χ3n) is 6.17. The Morgan fingerprint density at radius 1 is 1.12 bits per heavy atom. The number of pyridine rings is 1. The summed E-state index contributed by atoms with van der Waals surface area (Å²) < 4.78 is 0. The molecule has 1 aromatic carbocycles. The lowest BCUT2D eigenvalue weighted by Crippen LogP contribution is -2.50. The lowest BCUT2D eigenvalue weighted by atomic mass is 10.0. The molecule has 1 aromatic heterocycles. The number of carbonyl (C=O) groups is 2. The van der Waals surface area contributed by atoms with Crippen molar-refractivity contribution in [1.29, 1.82) is 0 Å². The molecule has 1 aliphatic heterocycles. The number of aromatic nitrogens is 1.